The van der Waals surface area contributed by atoms with E-state index in [1.165, 1.54) is 5.57 Å². The summed E-state index contributed by atoms with van der Waals surface area (Å²) in [5, 5.41) is 9.70. The van der Waals surface area contributed by atoms with Crippen LogP contribution in [0.4, 0.5) is 0 Å². The summed E-state index contributed by atoms with van der Waals surface area (Å²) in [6.07, 6.45) is 5.66. The minimum Gasteiger partial charge on any atom is -0.396 e. The van der Waals surface area contributed by atoms with Gasteiger partial charge in [-0.15, -0.1) is 0 Å². The third-order valence-corrected chi connectivity index (χ3v) is 3.69. The molecule has 1 aliphatic rings. The fourth-order valence-corrected chi connectivity index (χ4v) is 2.55. The Kier molecular flexibility index (Phi) is 5.82. The van der Waals surface area contributed by atoms with Crippen molar-refractivity contribution < 1.29 is 9.90 Å². The van der Waals surface area contributed by atoms with Crippen LogP contribution in [0.5, 0.6) is 0 Å². The number of piperidine rings is 1. The fraction of sp³-hybridized carbons (Fsp3) is 0.786. The van der Waals surface area contributed by atoms with Crippen molar-refractivity contribution in [1.82, 2.24) is 4.90 Å². The van der Waals surface area contributed by atoms with Crippen LogP contribution in [-0.2, 0) is 4.79 Å². The van der Waals surface area contributed by atoms with Crippen molar-refractivity contribution in [3.05, 3.63) is 11.6 Å². The van der Waals surface area contributed by atoms with Gasteiger partial charge < -0.3 is 15.7 Å². The van der Waals surface area contributed by atoms with Gasteiger partial charge >= 0.3 is 0 Å². The first-order chi connectivity index (χ1) is 8.47. The highest BCUT2D eigenvalue weighted by molar-refractivity contribution is 5.73. The van der Waals surface area contributed by atoms with Gasteiger partial charge in [-0.25, -0.2) is 0 Å². The predicted octanol–water partition coefficient (Wildman–Crippen LogP) is 1.29. The van der Waals surface area contributed by atoms with Gasteiger partial charge in [-0.3, -0.25) is 4.79 Å². The number of allylic oxidation sites excluding steroid dienone is 2. The molecular weight excluding hydrogens is 228 g/mol. The molecule has 18 heavy (non-hydrogen) atoms. The topological polar surface area (TPSA) is 66.6 Å². The summed E-state index contributed by atoms with van der Waals surface area (Å²) < 4.78 is 0. The summed E-state index contributed by atoms with van der Waals surface area (Å²) >= 11 is 0. The third-order valence-electron chi connectivity index (χ3n) is 3.69. The molecule has 0 radical (unpaired) electrons. The molecule has 0 aromatic heterocycles. The molecule has 1 saturated heterocycles. The zero-order valence-electron chi connectivity index (χ0n) is 11.6. The molecule has 4 heteroatoms. The third kappa shape index (κ3) is 4.78. The number of amides is 1. The molecule has 1 aliphatic heterocycles. The van der Waals surface area contributed by atoms with Crippen molar-refractivity contribution in [2.45, 2.75) is 39.5 Å². The number of aliphatic hydroxyl groups is 1. The second-order valence-corrected chi connectivity index (χ2v) is 5.74. The fourth-order valence-electron chi connectivity index (χ4n) is 2.55. The molecule has 0 bridgehead atoms. The van der Waals surface area contributed by atoms with Crippen molar-refractivity contribution in [3.8, 4) is 0 Å². The molecule has 0 spiro atoms. The Bertz CT molecular complexity index is 311. The van der Waals surface area contributed by atoms with Crippen LogP contribution in [-0.4, -0.2) is 42.2 Å². The minimum atomic E-state index is -0.250. The smallest absolute Gasteiger partial charge is 0.218 e. The molecule has 104 valence electrons. The maximum absolute atomic E-state index is 10.8. The van der Waals surface area contributed by atoms with E-state index in [1.807, 2.05) is 0 Å². The highest BCUT2D eigenvalue weighted by Gasteiger charge is 2.33. The van der Waals surface area contributed by atoms with Crippen LogP contribution in [0.2, 0.25) is 0 Å². The van der Waals surface area contributed by atoms with Crippen molar-refractivity contribution >= 4 is 5.91 Å². The Balaban J connectivity index is 2.57. The zero-order chi connectivity index (χ0) is 13.6. The first-order valence-electron chi connectivity index (χ1n) is 6.72. The molecular formula is C14H26N2O2. The molecule has 0 saturated carbocycles. The van der Waals surface area contributed by atoms with E-state index in [-0.39, 0.29) is 17.9 Å². The number of hydrogen-bond acceptors (Lipinski definition) is 3. The largest absolute Gasteiger partial charge is 0.396 e. The second kappa shape index (κ2) is 6.90. The molecule has 0 aromatic rings. The van der Waals surface area contributed by atoms with E-state index in [0.717, 1.165) is 32.4 Å². The molecule has 1 rings (SSSR count). The van der Waals surface area contributed by atoms with Gasteiger partial charge in [-0.05, 0) is 39.7 Å². The number of nitrogens with two attached hydrogens (primary N) is 1. The lowest BCUT2D eigenvalue weighted by atomic mass is 9.77. The zero-order valence-corrected chi connectivity index (χ0v) is 11.6. The summed E-state index contributed by atoms with van der Waals surface area (Å²) in [4.78, 5) is 13.1. The quantitative estimate of drug-likeness (QED) is 0.702. The molecule has 1 heterocycles. The number of nitrogens with zero attached hydrogens (tertiary/aromatic N) is 1. The summed E-state index contributed by atoms with van der Waals surface area (Å²) in [5.74, 6) is -0.250. The molecule has 1 amide bonds. The second-order valence-electron chi connectivity index (χ2n) is 5.74. The summed E-state index contributed by atoms with van der Waals surface area (Å²) in [7, 11) is 0. The molecule has 3 N–H and O–H groups in total. The average Bonchev–Trinajstić information content (AvgIpc) is 2.34. The van der Waals surface area contributed by atoms with Crippen molar-refractivity contribution in [3.63, 3.8) is 0 Å². The van der Waals surface area contributed by atoms with Crippen LogP contribution in [0.3, 0.4) is 0 Å². The molecule has 1 fully saturated rings. The molecule has 0 aromatic carbocycles. The number of primary amides is 1. The number of hydrogen-bond donors (Lipinski definition) is 2. The minimum absolute atomic E-state index is 0.0346. The highest BCUT2D eigenvalue weighted by atomic mass is 16.3. The van der Waals surface area contributed by atoms with Gasteiger partial charge in [-0.1, -0.05) is 11.6 Å². The van der Waals surface area contributed by atoms with Gasteiger partial charge in [-0.2, -0.15) is 0 Å². The SMILES string of the molecule is CC(C)=CC[C@@]1(CO)CCCN(CCC(N)=O)C1. The number of rotatable bonds is 6. The Hall–Kier alpha value is -0.870. The Morgan fingerprint density at radius 3 is 2.78 bits per heavy atom. The van der Waals surface area contributed by atoms with Crippen LogP contribution in [0.1, 0.15) is 39.5 Å². The molecule has 4 nitrogen and oxygen atoms in total. The normalized spacial score (nSPS) is 24.8. The van der Waals surface area contributed by atoms with Gasteiger partial charge in [0.2, 0.25) is 5.91 Å². The van der Waals surface area contributed by atoms with Gasteiger partial charge in [0.15, 0.2) is 0 Å². The maximum atomic E-state index is 10.8. The number of aliphatic hydroxyl groups excluding tert-OH is 1. The maximum Gasteiger partial charge on any atom is 0.218 e. The van der Waals surface area contributed by atoms with E-state index in [1.54, 1.807) is 0 Å². The highest BCUT2D eigenvalue weighted by Crippen LogP contribution is 2.33. The summed E-state index contributed by atoms with van der Waals surface area (Å²) in [5.41, 5.74) is 6.44. The Labute approximate surface area is 110 Å². The summed E-state index contributed by atoms with van der Waals surface area (Å²) in [6.45, 7) is 6.96. The van der Waals surface area contributed by atoms with Crippen molar-refractivity contribution in [1.29, 1.82) is 0 Å². The monoisotopic (exact) mass is 254 g/mol. The number of carbonyl (C=O) groups is 1. The Morgan fingerprint density at radius 2 is 2.22 bits per heavy atom. The van der Waals surface area contributed by atoms with Crippen LogP contribution in [0.25, 0.3) is 0 Å². The van der Waals surface area contributed by atoms with Crippen molar-refractivity contribution in [2.24, 2.45) is 11.1 Å². The molecule has 0 aliphatic carbocycles. The number of likely N-dealkylation sites (tertiary alicyclic amines) is 1. The van der Waals surface area contributed by atoms with E-state index in [0.29, 0.717) is 13.0 Å². The first kappa shape index (κ1) is 15.2. The van der Waals surface area contributed by atoms with Crippen LogP contribution in [0.15, 0.2) is 11.6 Å². The lowest BCUT2D eigenvalue weighted by Gasteiger charge is -2.41. The average molecular weight is 254 g/mol. The van der Waals surface area contributed by atoms with E-state index in [4.69, 9.17) is 5.73 Å². The predicted molar refractivity (Wildman–Crippen MR) is 73.1 cm³/mol. The van der Waals surface area contributed by atoms with Gasteiger partial charge in [0, 0.05) is 24.9 Å². The first-order valence-corrected chi connectivity index (χ1v) is 6.72. The van der Waals surface area contributed by atoms with Gasteiger partial charge in [0.25, 0.3) is 0 Å². The van der Waals surface area contributed by atoms with E-state index < -0.39 is 0 Å². The van der Waals surface area contributed by atoms with Crippen LogP contribution >= 0.6 is 0 Å². The van der Waals surface area contributed by atoms with Gasteiger partial charge in [0.1, 0.15) is 0 Å². The number of carbonyl (C=O) groups excluding carboxylic acids is 1. The van der Waals surface area contributed by atoms with Crippen molar-refractivity contribution in [2.75, 3.05) is 26.2 Å². The van der Waals surface area contributed by atoms with E-state index >= 15 is 0 Å². The lowest BCUT2D eigenvalue weighted by Crippen LogP contribution is -2.46. The summed E-state index contributed by atoms with van der Waals surface area (Å²) in [6, 6.07) is 0. The Morgan fingerprint density at radius 1 is 1.50 bits per heavy atom. The van der Waals surface area contributed by atoms with E-state index in [2.05, 4.69) is 24.8 Å². The van der Waals surface area contributed by atoms with Crippen LogP contribution in [0, 0.1) is 5.41 Å². The molecule has 1 atom stereocenters. The molecule has 0 unspecified atom stereocenters. The van der Waals surface area contributed by atoms with E-state index in [9.17, 15) is 9.90 Å². The lowest BCUT2D eigenvalue weighted by molar-refractivity contribution is -0.118. The van der Waals surface area contributed by atoms with Gasteiger partial charge in [0.05, 0.1) is 6.61 Å². The van der Waals surface area contributed by atoms with Crippen LogP contribution < -0.4 is 5.73 Å². The standard InChI is InChI=1S/C14H26N2O2/c1-12(2)4-7-14(11-17)6-3-8-16(10-14)9-5-13(15)18/h4,17H,3,5-11H2,1-2H3,(H2,15,18)/t14-/m0/s1.